The Hall–Kier alpha value is -1.92. The molecule has 110 valence electrons. The molecule has 2 aromatic rings. The van der Waals surface area contributed by atoms with Gasteiger partial charge >= 0.3 is 5.97 Å². The first-order chi connectivity index (χ1) is 10.1. The zero-order chi connectivity index (χ0) is 14.8. The van der Waals surface area contributed by atoms with Crippen molar-refractivity contribution in [1.29, 1.82) is 0 Å². The highest BCUT2D eigenvalue weighted by molar-refractivity contribution is 6.33. The van der Waals surface area contributed by atoms with Gasteiger partial charge in [0.05, 0.1) is 18.0 Å². The molecule has 7 heteroatoms. The number of carboxylic acid groups (broad SMARTS) is 1. The van der Waals surface area contributed by atoms with Crippen LogP contribution in [0.1, 0.15) is 12.3 Å². The third-order valence-electron chi connectivity index (χ3n) is 3.44. The number of likely N-dealkylation sites (tertiary alicyclic amines) is 1. The monoisotopic (exact) mass is 307 g/mol. The summed E-state index contributed by atoms with van der Waals surface area (Å²) in [6.07, 6.45) is 0.213. The molecule has 1 aliphatic heterocycles. The molecule has 0 atom stereocenters. The summed E-state index contributed by atoms with van der Waals surface area (Å²) in [6.45, 7) is 2.03. The van der Waals surface area contributed by atoms with Crippen LogP contribution in [-0.2, 0) is 11.3 Å². The largest absolute Gasteiger partial charge is 0.481 e. The van der Waals surface area contributed by atoms with Gasteiger partial charge in [-0.25, -0.2) is 0 Å². The van der Waals surface area contributed by atoms with Gasteiger partial charge in [0, 0.05) is 18.7 Å². The van der Waals surface area contributed by atoms with E-state index in [2.05, 4.69) is 15.0 Å². The van der Waals surface area contributed by atoms with E-state index in [4.69, 9.17) is 21.2 Å². The Balaban J connectivity index is 1.60. The summed E-state index contributed by atoms with van der Waals surface area (Å²) in [5, 5.41) is 13.2. The summed E-state index contributed by atoms with van der Waals surface area (Å²) in [7, 11) is 0. The standard InChI is InChI=1S/C14H14ClN3O3/c15-11-4-2-1-3-10(11)14-16-12(21-17-14)8-18-6-9(7-18)5-13(19)20/h1-4,9H,5-8H2,(H,19,20). The van der Waals surface area contributed by atoms with Crippen LogP contribution in [0.25, 0.3) is 11.4 Å². The van der Waals surface area contributed by atoms with Crippen molar-refractivity contribution in [3.8, 4) is 11.4 Å². The van der Waals surface area contributed by atoms with Crippen molar-refractivity contribution in [3.63, 3.8) is 0 Å². The van der Waals surface area contributed by atoms with E-state index in [0.717, 1.165) is 18.7 Å². The fourth-order valence-electron chi connectivity index (χ4n) is 2.44. The first-order valence-electron chi connectivity index (χ1n) is 6.63. The van der Waals surface area contributed by atoms with Gasteiger partial charge in [-0.1, -0.05) is 28.9 Å². The number of benzene rings is 1. The van der Waals surface area contributed by atoms with Crippen LogP contribution >= 0.6 is 11.6 Å². The highest BCUT2D eigenvalue weighted by atomic mass is 35.5. The van der Waals surface area contributed by atoms with Crippen molar-refractivity contribution in [3.05, 3.63) is 35.2 Å². The van der Waals surface area contributed by atoms with Gasteiger partial charge in [-0.3, -0.25) is 9.69 Å². The highest BCUT2D eigenvalue weighted by Crippen LogP contribution is 2.26. The Labute approximate surface area is 126 Å². The minimum atomic E-state index is -0.751. The van der Waals surface area contributed by atoms with Crippen LogP contribution in [0.3, 0.4) is 0 Å². The molecule has 0 amide bonds. The van der Waals surface area contributed by atoms with Crippen LogP contribution in [0.4, 0.5) is 0 Å². The van der Waals surface area contributed by atoms with E-state index >= 15 is 0 Å². The summed E-state index contributed by atoms with van der Waals surface area (Å²) in [5.74, 6) is 0.448. The van der Waals surface area contributed by atoms with Gasteiger partial charge in [0.2, 0.25) is 11.7 Å². The number of nitrogens with zero attached hydrogens (tertiary/aromatic N) is 3. The molecule has 1 aromatic carbocycles. The number of carboxylic acids is 1. The van der Waals surface area contributed by atoms with E-state index < -0.39 is 5.97 Å². The SMILES string of the molecule is O=C(O)CC1CN(Cc2nc(-c3ccccc3Cl)no2)C1. The van der Waals surface area contributed by atoms with E-state index in [1.807, 2.05) is 18.2 Å². The summed E-state index contributed by atoms with van der Waals surface area (Å²) in [4.78, 5) is 17.0. The number of aromatic nitrogens is 2. The minimum Gasteiger partial charge on any atom is -0.481 e. The summed E-state index contributed by atoms with van der Waals surface area (Å²) < 4.78 is 5.22. The van der Waals surface area contributed by atoms with Crippen LogP contribution in [0.2, 0.25) is 5.02 Å². The molecule has 0 spiro atoms. The molecule has 1 aromatic heterocycles. The fourth-order valence-corrected chi connectivity index (χ4v) is 2.66. The average molecular weight is 308 g/mol. The molecule has 2 heterocycles. The second-order valence-corrected chi connectivity index (χ2v) is 5.56. The van der Waals surface area contributed by atoms with Gasteiger partial charge in [0.15, 0.2) is 0 Å². The maximum absolute atomic E-state index is 10.6. The minimum absolute atomic E-state index is 0.213. The van der Waals surface area contributed by atoms with Gasteiger partial charge in [0.1, 0.15) is 0 Å². The van der Waals surface area contributed by atoms with E-state index in [1.165, 1.54) is 0 Å². The zero-order valence-electron chi connectivity index (χ0n) is 11.2. The lowest BCUT2D eigenvalue weighted by Gasteiger charge is -2.37. The molecular formula is C14H14ClN3O3. The van der Waals surface area contributed by atoms with Gasteiger partial charge in [0.25, 0.3) is 0 Å². The number of halogens is 1. The number of carbonyl (C=O) groups is 1. The first-order valence-corrected chi connectivity index (χ1v) is 7.01. The molecule has 6 nitrogen and oxygen atoms in total. The molecule has 0 unspecified atom stereocenters. The maximum Gasteiger partial charge on any atom is 0.303 e. The van der Waals surface area contributed by atoms with E-state index in [9.17, 15) is 4.79 Å². The van der Waals surface area contributed by atoms with Crippen LogP contribution in [0.5, 0.6) is 0 Å². The van der Waals surface area contributed by atoms with E-state index in [-0.39, 0.29) is 12.3 Å². The smallest absolute Gasteiger partial charge is 0.303 e. The topological polar surface area (TPSA) is 79.5 Å². The average Bonchev–Trinajstić information content (AvgIpc) is 2.85. The fraction of sp³-hybridized carbons (Fsp3) is 0.357. The van der Waals surface area contributed by atoms with Crippen LogP contribution in [-0.4, -0.2) is 39.2 Å². The first kappa shape index (κ1) is 14.0. The highest BCUT2D eigenvalue weighted by Gasteiger charge is 2.29. The predicted octanol–water partition coefficient (Wildman–Crippen LogP) is 2.30. The van der Waals surface area contributed by atoms with Gasteiger partial charge in [-0.15, -0.1) is 0 Å². The van der Waals surface area contributed by atoms with Crippen LogP contribution in [0, 0.1) is 5.92 Å². The predicted molar refractivity (Wildman–Crippen MR) is 75.8 cm³/mol. The molecule has 21 heavy (non-hydrogen) atoms. The number of hydrogen-bond acceptors (Lipinski definition) is 5. The van der Waals surface area contributed by atoms with Crippen LogP contribution < -0.4 is 0 Å². The summed E-state index contributed by atoms with van der Waals surface area (Å²) in [6, 6.07) is 7.32. The molecule has 1 aliphatic rings. The van der Waals surface area contributed by atoms with Crippen molar-refractivity contribution in [2.24, 2.45) is 5.92 Å². The van der Waals surface area contributed by atoms with E-state index in [1.54, 1.807) is 6.07 Å². The second kappa shape index (κ2) is 5.83. The van der Waals surface area contributed by atoms with Crippen molar-refractivity contribution >= 4 is 17.6 Å². The Morgan fingerprint density at radius 1 is 1.43 bits per heavy atom. The lowest BCUT2D eigenvalue weighted by Crippen LogP contribution is -2.46. The summed E-state index contributed by atoms with van der Waals surface area (Å²) in [5.41, 5.74) is 0.738. The maximum atomic E-state index is 10.6. The molecule has 0 radical (unpaired) electrons. The second-order valence-electron chi connectivity index (χ2n) is 5.15. The van der Waals surface area contributed by atoms with Gasteiger partial charge in [-0.05, 0) is 18.1 Å². The molecule has 3 rings (SSSR count). The quantitative estimate of drug-likeness (QED) is 0.913. The lowest BCUT2D eigenvalue weighted by atomic mass is 9.97. The van der Waals surface area contributed by atoms with Gasteiger partial charge in [-0.2, -0.15) is 4.98 Å². The van der Waals surface area contributed by atoms with Crippen molar-refractivity contribution < 1.29 is 14.4 Å². The molecule has 1 fully saturated rings. The molecule has 0 bridgehead atoms. The molecule has 0 saturated carbocycles. The number of aliphatic carboxylic acids is 1. The number of hydrogen-bond donors (Lipinski definition) is 1. The number of rotatable bonds is 5. The Morgan fingerprint density at radius 2 is 2.19 bits per heavy atom. The molecule has 0 aliphatic carbocycles. The molecular weight excluding hydrogens is 294 g/mol. The van der Waals surface area contributed by atoms with Crippen molar-refractivity contribution in [2.45, 2.75) is 13.0 Å². The Bertz CT molecular complexity index is 652. The lowest BCUT2D eigenvalue weighted by molar-refractivity contribution is -0.139. The van der Waals surface area contributed by atoms with Crippen molar-refractivity contribution in [2.75, 3.05) is 13.1 Å². The Morgan fingerprint density at radius 3 is 2.90 bits per heavy atom. The van der Waals surface area contributed by atoms with Crippen LogP contribution in [0.15, 0.2) is 28.8 Å². The third kappa shape index (κ3) is 3.22. The van der Waals surface area contributed by atoms with Gasteiger partial charge < -0.3 is 9.63 Å². The third-order valence-corrected chi connectivity index (χ3v) is 3.77. The summed E-state index contributed by atoms with van der Waals surface area (Å²) >= 11 is 6.09. The van der Waals surface area contributed by atoms with Crippen molar-refractivity contribution in [1.82, 2.24) is 15.0 Å². The molecule has 1 saturated heterocycles. The normalized spacial score (nSPS) is 15.9. The van der Waals surface area contributed by atoms with E-state index in [0.29, 0.717) is 23.3 Å². The molecule has 1 N–H and O–H groups in total. The zero-order valence-corrected chi connectivity index (χ0v) is 12.0. The Kier molecular flexibility index (Phi) is 3.90.